The molecule has 0 heterocycles. The van der Waals surface area contributed by atoms with E-state index in [1.54, 1.807) is 0 Å². The normalized spacial score (nSPS) is 21.8. The summed E-state index contributed by atoms with van der Waals surface area (Å²) in [5, 5.41) is 2.74. The van der Waals surface area contributed by atoms with E-state index in [-0.39, 0.29) is 0 Å². The van der Waals surface area contributed by atoms with E-state index in [1.807, 2.05) is 0 Å². The smallest absolute Gasteiger partial charge is 0.207 e. The Bertz CT molecular complexity index is 139. The van der Waals surface area contributed by atoms with Gasteiger partial charge in [-0.15, -0.1) is 0 Å². The second-order valence-corrected chi connectivity index (χ2v) is 4.19. The molecule has 12 heavy (non-hydrogen) atoms. The van der Waals surface area contributed by atoms with Crippen LogP contribution in [0.3, 0.4) is 0 Å². The molecule has 1 aliphatic carbocycles. The second-order valence-electron chi connectivity index (χ2n) is 4.19. The molecule has 0 aromatic heterocycles. The van der Waals surface area contributed by atoms with Gasteiger partial charge in [-0.2, -0.15) is 0 Å². The van der Waals surface area contributed by atoms with Gasteiger partial charge in [-0.25, -0.2) is 0 Å². The zero-order valence-electron chi connectivity index (χ0n) is 7.94. The van der Waals surface area contributed by atoms with E-state index in [9.17, 15) is 4.79 Å². The molecule has 2 nitrogen and oxygen atoms in total. The van der Waals surface area contributed by atoms with Crippen molar-refractivity contribution in [1.82, 2.24) is 5.32 Å². The van der Waals surface area contributed by atoms with Gasteiger partial charge in [-0.3, -0.25) is 4.79 Å². The summed E-state index contributed by atoms with van der Waals surface area (Å²) < 4.78 is 0. The number of amides is 1. The van der Waals surface area contributed by atoms with Gasteiger partial charge in [0.2, 0.25) is 6.41 Å². The van der Waals surface area contributed by atoms with Crippen LogP contribution in [0, 0.1) is 5.41 Å². The van der Waals surface area contributed by atoms with Crippen molar-refractivity contribution in [3.8, 4) is 0 Å². The van der Waals surface area contributed by atoms with Crippen LogP contribution in [0.25, 0.3) is 0 Å². The third-order valence-corrected chi connectivity index (χ3v) is 3.02. The highest BCUT2D eigenvalue weighted by atomic mass is 16.1. The highest BCUT2D eigenvalue weighted by Gasteiger charge is 2.25. The van der Waals surface area contributed by atoms with Crippen molar-refractivity contribution >= 4 is 6.41 Å². The Morgan fingerprint density at radius 3 is 2.58 bits per heavy atom. The fraction of sp³-hybridized carbons (Fsp3) is 0.900. The van der Waals surface area contributed by atoms with Gasteiger partial charge in [0.25, 0.3) is 0 Å². The van der Waals surface area contributed by atoms with E-state index >= 15 is 0 Å². The minimum atomic E-state index is 0.508. The van der Waals surface area contributed by atoms with E-state index in [0.29, 0.717) is 5.41 Å². The van der Waals surface area contributed by atoms with Gasteiger partial charge in [0, 0.05) is 6.54 Å². The molecule has 1 amide bonds. The van der Waals surface area contributed by atoms with Crippen LogP contribution in [0.2, 0.25) is 0 Å². The predicted octanol–water partition coefficient (Wildman–Crippen LogP) is 2.09. The van der Waals surface area contributed by atoms with E-state index in [1.165, 1.54) is 32.1 Å². The Hall–Kier alpha value is -0.530. The molecular formula is C10H19NO. The number of carbonyl (C=O) groups excluding carboxylic acids is 1. The van der Waals surface area contributed by atoms with Crippen LogP contribution in [-0.4, -0.2) is 13.0 Å². The molecule has 1 fully saturated rings. The van der Waals surface area contributed by atoms with Crippen LogP contribution >= 0.6 is 0 Å². The molecule has 0 saturated heterocycles. The first-order valence-corrected chi connectivity index (χ1v) is 4.94. The lowest BCUT2D eigenvalue weighted by Gasteiger charge is -2.33. The molecule has 1 N–H and O–H groups in total. The first kappa shape index (κ1) is 9.56. The molecule has 0 aromatic rings. The molecular weight excluding hydrogens is 150 g/mol. The standard InChI is InChI=1S/C10H19NO/c1-10(7-8-11-9-12)5-3-2-4-6-10/h9H,2-8H2,1H3,(H,11,12). The monoisotopic (exact) mass is 169 g/mol. The van der Waals surface area contributed by atoms with Crippen molar-refractivity contribution in [2.24, 2.45) is 5.41 Å². The van der Waals surface area contributed by atoms with Crippen LogP contribution < -0.4 is 5.32 Å². The Labute approximate surface area is 74.7 Å². The summed E-state index contributed by atoms with van der Waals surface area (Å²) >= 11 is 0. The van der Waals surface area contributed by atoms with Gasteiger partial charge in [0.15, 0.2) is 0 Å². The summed E-state index contributed by atoms with van der Waals surface area (Å²) in [5.74, 6) is 0. The second kappa shape index (κ2) is 4.48. The summed E-state index contributed by atoms with van der Waals surface area (Å²) in [6.07, 6.45) is 8.77. The molecule has 0 radical (unpaired) electrons. The van der Waals surface area contributed by atoms with Crippen molar-refractivity contribution in [3.63, 3.8) is 0 Å². The topological polar surface area (TPSA) is 29.1 Å². The number of hydrogen-bond acceptors (Lipinski definition) is 1. The quantitative estimate of drug-likeness (QED) is 0.506. The van der Waals surface area contributed by atoms with Crippen LogP contribution in [0.4, 0.5) is 0 Å². The Morgan fingerprint density at radius 1 is 1.33 bits per heavy atom. The molecule has 1 aliphatic rings. The molecule has 0 spiro atoms. The summed E-state index contributed by atoms with van der Waals surface area (Å²) in [7, 11) is 0. The summed E-state index contributed by atoms with van der Waals surface area (Å²) in [4.78, 5) is 10.0. The average Bonchev–Trinajstić information content (AvgIpc) is 2.06. The van der Waals surface area contributed by atoms with Crippen molar-refractivity contribution in [2.75, 3.05) is 6.54 Å². The van der Waals surface area contributed by atoms with Gasteiger partial charge >= 0.3 is 0 Å². The number of carbonyl (C=O) groups is 1. The SMILES string of the molecule is CC1(CCNC=O)CCCCC1. The van der Waals surface area contributed by atoms with Crippen LogP contribution in [0.5, 0.6) is 0 Å². The number of hydrogen-bond donors (Lipinski definition) is 1. The molecule has 0 bridgehead atoms. The van der Waals surface area contributed by atoms with Gasteiger partial charge in [0.05, 0.1) is 0 Å². The van der Waals surface area contributed by atoms with Crippen LogP contribution in [0.1, 0.15) is 45.4 Å². The minimum Gasteiger partial charge on any atom is -0.359 e. The Kier molecular flexibility index (Phi) is 3.57. The van der Waals surface area contributed by atoms with Crippen molar-refractivity contribution in [2.45, 2.75) is 45.4 Å². The lowest BCUT2D eigenvalue weighted by Crippen LogP contribution is -2.25. The maximum atomic E-state index is 10.0. The lowest BCUT2D eigenvalue weighted by atomic mass is 9.73. The molecule has 2 heteroatoms. The fourth-order valence-corrected chi connectivity index (χ4v) is 2.09. The zero-order chi connectivity index (χ0) is 8.86. The summed E-state index contributed by atoms with van der Waals surface area (Å²) in [6, 6.07) is 0. The maximum absolute atomic E-state index is 10.0. The third-order valence-electron chi connectivity index (χ3n) is 3.02. The van der Waals surface area contributed by atoms with Crippen molar-refractivity contribution in [1.29, 1.82) is 0 Å². The zero-order valence-corrected chi connectivity index (χ0v) is 7.94. The summed E-state index contributed by atoms with van der Waals surface area (Å²) in [6.45, 7) is 3.19. The third kappa shape index (κ3) is 2.84. The fourth-order valence-electron chi connectivity index (χ4n) is 2.09. The van der Waals surface area contributed by atoms with Gasteiger partial charge in [-0.1, -0.05) is 26.2 Å². The first-order valence-electron chi connectivity index (χ1n) is 4.94. The first-order chi connectivity index (χ1) is 5.77. The molecule has 1 rings (SSSR count). The molecule has 0 aromatic carbocycles. The molecule has 70 valence electrons. The van der Waals surface area contributed by atoms with Crippen molar-refractivity contribution in [3.05, 3.63) is 0 Å². The van der Waals surface area contributed by atoms with Gasteiger partial charge in [0.1, 0.15) is 0 Å². The van der Waals surface area contributed by atoms with Gasteiger partial charge < -0.3 is 5.32 Å². The highest BCUT2D eigenvalue weighted by molar-refractivity contribution is 5.45. The predicted molar refractivity (Wildman–Crippen MR) is 49.9 cm³/mol. The maximum Gasteiger partial charge on any atom is 0.207 e. The van der Waals surface area contributed by atoms with E-state index < -0.39 is 0 Å². The van der Waals surface area contributed by atoms with E-state index in [0.717, 1.165) is 19.4 Å². The molecule has 0 atom stereocenters. The number of rotatable bonds is 4. The Morgan fingerprint density at radius 2 is 2.00 bits per heavy atom. The van der Waals surface area contributed by atoms with Crippen LogP contribution in [0.15, 0.2) is 0 Å². The van der Waals surface area contributed by atoms with Crippen molar-refractivity contribution < 1.29 is 4.79 Å². The molecule has 0 aliphatic heterocycles. The molecule has 1 saturated carbocycles. The largest absolute Gasteiger partial charge is 0.359 e. The number of nitrogens with one attached hydrogen (secondary N) is 1. The van der Waals surface area contributed by atoms with Crippen LogP contribution in [-0.2, 0) is 4.79 Å². The van der Waals surface area contributed by atoms with Gasteiger partial charge in [-0.05, 0) is 24.7 Å². The van der Waals surface area contributed by atoms with E-state index in [4.69, 9.17) is 0 Å². The highest BCUT2D eigenvalue weighted by Crippen LogP contribution is 2.38. The van der Waals surface area contributed by atoms with E-state index in [2.05, 4.69) is 12.2 Å². The molecule has 0 unspecified atom stereocenters. The average molecular weight is 169 g/mol. The minimum absolute atomic E-state index is 0.508. The summed E-state index contributed by atoms with van der Waals surface area (Å²) in [5.41, 5.74) is 0.508. The lowest BCUT2D eigenvalue weighted by molar-refractivity contribution is -0.109. The Balaban J connectivity index is 2.21.